The molecule has 1 heterocycles. The second-order valence-electron chi connectivity index (χ2n) is 7.16. The van der Waals surface area contributed by atoms with Crippen molar-refractivity contribution in [3.63, 3.8) is 0 Å². The molecule has 3 unspecified atom stereocenters. The zero-order valence-corrected chi connectivity index (χ0v) is 13.8. The Balaban J connectivity index is 1.74. The molecule has 116 valence electrons. The molecule has 2 fully saturated rings. The molecule has 0 bridgehead atoms. The molecule has 0 aromatic heterocycles. The lowest BCUT2D eigenvalue weighted by atomic mass is 9.92. The fraction of sp³-hybridized carbons (Fsp3) is 0.684. The number of nitrogens with one attached hydrogen (secondary N) is 1. The van der Waals surface area contributed by atoms with Crippen molar-refractivity contribution in [3.8, 4) is 0 Å². The summed E-state index contributed by atoms with van der Waals surface area (Å²) in [6, 6.07) is 10.3. The zero-order chi connectivity index (χ0) is 14.8. The van der Waals surface area contributed by atoms with Gasteiger partial charge in [0.05, 0.1) is 0 Å². The smallest absolute Gasteiger partial charge is 0.0250 e. The number of aryl methyl sites for hydroxylation is 1. The van der Waals surface area contributed by atoms with Crippen LogP contribution in [0, 0.1) is 18.8 Å². The Morgan fingerprint density at radius 2 is 2.05 bits per heavy atom. The zero-order valence-electron chi connectivity index (χ0n) is 13.8. The summed E-state index contributed by atoms with van der Waals surface area (Å²) < 4.78 is 0. The van der Waals surface area contributed by atoms with E-state index in [9.17, 15) is 0 Å². The first-order valence-corrected chi connectivity index (χ1v) is 8.71. The van der Waals surface area contributed by atoms with E-state index in [0.717, 1.165) is 24.4 Å². The van der Waals surface area contributed by atoms with Crippen molar-refractivity contribution >= 4 is 0 Å². The number of hydrogen-bond donors (Lipinski definition) is 1. The maximum atomic E-state index is 3.84. The van der Waals surface area contributed by atoms with Gasteiger partial charge in [-0.2, -0.15) is 0 Å². The van der Waals surface area contributed by atoms with Crippen molar-refractivity contribution in [1.29, 1.82) is 0 Å². The number of hydrogen-bond acceptors (Lipinski definition) is 2. The fourth-order valence-corrected chi connectivity index (χ4v) is 3.69. The van der Waals surface area contributed by atoms with Gasteiger partial charge in [0.2, 0.25) is 0 Å². The third kappa shape index (κ3) is 3.49. The minimum absolute atomic E-state index is 0.685. The highest BCUT2D eigenvalue weighted by Crippen LogP contribution is 2.35. The van der Waals surface area contributed by atoms with Gasteiger partial charge in [0.15, 0.2) is 0 Å². The van der Waals surface area contributed by atoms with E-state index >= 15 is 0 Å². The van der Waals surface area contributed by atoms with Gasteiger partial charge >= 0.3 is 0 Å². The Labute approximate surface area is 129 Å². The van der Waals surface area contributed by atoms with Crippen molar-refractivity contribution in [2.24, 2.45) is 11.8 Å². The van der Waals surface area contributed by atoms with E-state index in [1.807, 2.05) is 0 Å². The summed E-state index contributed by atoms with van der Waals surface area (Å²) in [5, 5.41) is 3.84. The molecule has 1 N–H and O–H groups in total. The number of benzene rings is 1. The second kappa shape index (κ2) is 6.50. The Hall–Kier alpha value is -0.860. The van der Waals surface area contributed by atoms with Crippen molar-refractivity contribution in [2.45, 2.75) is 58.7 Å². The summed E-state index contributed by atoms with van der Waals surface area (Å²) in [6.45, 7) is 10.5. The van der Waals surface area contributed by atoms with Gasteiger partial charge in [-0.15, -0.1) is 0 Å². The summed E-state index contributed by atoms with van der Waals surface area (Å²) >= 11 is 0. The van der Waals surface area contributed by atoms with E-state index < -0.39 is 0 Å². The maximum absolute atomic E-state index is 3.84. The van der Waals surface area contributed by atoms with Crippen molar-refractivity contribution in [3.05, 3.63) is 35.4 Å². The molecule has 3 atom stereocenters. The van der Waals surface area contributed by atoms with Crippen molar-refractivity contribution in [1.82, 2.24) is 10.2 Å². The van der Waals surface area contributed by atoms with Crippen LogP contribution in [0.1, 0.15) is 44.2 Å². The normalized spacial score (nSPS) is 28.5. The average molecular weight is 286 g/mol. The molecule has 1 aromatic rings. The summed E-state index contributed by atoms with van der Waals surface area (Å²) in [7, 11) is 0. The summed E-state index contributed by atoms with van der Waals surface area (Å²) in [5.41, 5.74) is 2.93. The third-order valence-corrected chi connectivity index (χ3v) is 5.62. The predicted octanol–water partition coefficient (Wildman–Crippen LogP) is 3.59. The molecule has 0 radical (unpaired) electrons. The Morgan fingerprint density at radius 3 is 2.71 bits per heavy atom. The standard InChI is InChI=1S/C19H30N2/c1-4-14(2)19-11-20-18(16-9-10-16)13-21(19)12-17-8-6-5-7-15(17)3/h5-8,14,16,18-20H,4,9-13H2,1-3H3. The first-order valence-electron chi connectivity index (χ1n) is 8.71. The van der Waals surface area contributed by atoms with Crippen molar-refractivity contribution in [2.75, 3.05) is 13.1 Å². The maximum Gasteiger partial charge on any atom is 0.0250 e. The molecule has 1 aliphatic carbocycles. The van der Waals surface area contributed by atoms with Crippen LogP contribution in [-0.4, -0.2) is 30.1 Å². The van der Waals surface area contributed by atoms with E-state index in [-0.39, 0.29) is 0 Å². The van der Waals surface area contributed by atoms with Crippen LogP contribution in [0.3, 0.4) is 0 Å². The van der Waals surface area contributed by atoms with E-state index in [1.54, 1.807) is 0 Å². The van der Waals surface area contributed by atoms with E-state index in [2.05, 4.69) is 55.3 Å². The Kier molecular flexibility index (Phi) is 4.66. The van der Waals surface area contributed by atoms with Crippen LogP contribution in [0.15, 0.2) is 24.3 Å². The summed E-state index contributed by atoms with van der Waals surface area (Å²) in [5.74, 6) is 1.71. The van der Waals surface area contributed by atoms with E-state index in [0.29, 0.717) is 6.04 Å². The van der Waals surface area contributed by atoms with Gasteiger partial charge in [-0.25, -0.2) is 0 Å². The van der Waals surface area contributed by atoms with Gasteiger partial charge in [-0.1, -0.05) is 44.5 Å². The molecular weight excluding hydrogens is 256 g/mol. The van der Waals surface area contributed by atoms with Crippen LogP contribution in [0.25, 0.3) is 0 Å². The topological polar surface area (TPSA) is 15.3 Å². The molecule has 1 aliphatic heterocycles. The molecule has 0 amide bonds. The van der Waals surface area contributed by atoms with Crippen LogP contribution in [-0.2, 0) is 6.54 Å². The Morgan fingerprint density at radius 1 is 1.29 bits per heavy atom. The minimum Gasteiger partial charge on any atom is -0.311 e. The van der Waals surface area contributed by atoms with E-state index in [4.69, 9.17) is 0 Å². The third-order valence-electron chi connectivity index (χ3n) is 5.62. The van der Waals surface area contributed by atoms with Crippen LogP contribution < -0.4 is 5.32 Å². The first-order chi connectivity index (χ1) is 10.2. The predicted molar refractivity (Wildman–Crippen MR) is 89.3 cm³/mol. The molecular formula is C19H30N2. The van der Waals surface area contributed by atoms with Crippen LogP contribution in [0.4, 0.5) is 0 Å². The van der Waals surface area contributed by atoms with Crippen LogP contribution in [0.5, 0.6) is 0 Å². The van der Waals surface area contributed by atoms with Crippen LogP contribution in [0.2, 0.25) is 0 Å². The highest BCUT2D eigenvalue weighted by Gasteiger charge is 2.38. The highest BCUT2D eigenvalue weighted by molar-refractivity contribution is 5.25. The van der Waals surface area contributed by atoms with Gasteiger partial charge in [0, 0.05) is 31.7 Å². The lowest BCUT2D eigenvalue weighted by Crippen LogP contribution is -2.58. The Bertz CT molecular complexity index is 466. The molecule has 2 nitrogen and oxygen atoms in total. The monoisotopic (exact) mass is 286 g/mol. The molecule has 1 saturated carbocycles. The molecule has 2 aliphatic rings. The molecule has 21 heavy (non-hydrogen) atoms. The van der Waals surface area contributed by atoms with Gasteiger partial charge < -0.3 is 5.32 Å². The van der Waals surface area contributed by atoms with Gasteiger partial charge in [-0.05, 0) is 42.7 Å². The quantitative estimate of drug-likeness (QED) is 0.890. The molecule has 3 rings (SSSR count). The lowest BCUT2D eigenvalue weighted by molar-refractivity contribution is 0.0785. The summed E-state index contributed by atoms with van der Waals surface area (Å²) in [6.07, 6.45) is 4.14. The SMILES string of the molecule is CCC(C)C1CNC(C2CC2)CN1Cc1ccccc1C. The summed E-state index contributed by atoms with van der Waals surface area (Å²) in [4.78, 5) is 2.76. The molecule has 1 aromatic carbocycles. The second-order valence-corrected chi connectivity index (χ2v) is 7.16. The number of nitrogens with zero attached hydrogens (tertiary/aromatic N) is 1. The number of piperazine rings is 1. The van der Waals surface area contributed by atoms with Crippen molar-refractivity contribution < 1.29 is 0 Å². The van der Waals surface area contributed by atoms with Gasteiger partial charge in [0.25, 0.3) is 0 Å². The van der Waals surface area contributed by atoms with Gasteiger partial charge in [-0.3, -0.25) is 4.90 Å². The van der Waals surface area contributed by atoms with Crippen LogP contribution >= 0.6 is 0 Å². The number of rotatable bonds is 5. The van der Waals surface area contributed by atoms with E-state index in [1.165, 1.54) is 43.5 Å². The minimum atomic E-state index is 0.685. The average Bonchev–Trinajstić information content (AvgIpc) is 3.33. The lowest BCUT2D eigenvalue weighted by Gasteiger charge is -2.43. The molecule has 0 spiro atoms. The largest absolute Gasteiger partial charge is 0.311 e. The molecule has 1 saturated heterocycles. The fourth-order valence-electron chi connectivity index (χ4n) is 3.69. The first kappa shape index (κ1) is 15.1. The highest BCUT2D eigenvalue weighted by atomic mass is 15.2. The molecule has 2 heteroatoms. The van der Waals surface area contributed by atoms with Gasteiger partial charge in [0.1, 0.15) is 0 Å².